The lowest BCUT2D eigenvalue weighted by atomic mass is 10.0. The van der Waals surface area contributed by atoms with Crippen LogP contribution in [0, 0.1) is 10.1 Å². The van der Waals surface area contributed by atoms with Gasteiger partial charge in [0.1, 0.15) is 6.29 Å². The second-order valence-electron chi connectivity index (χ2n) is 4.40. The van der Waals surface area contributed by atoms with Crippen molar-refractivity contribution in [3.05, 3.63) is 28.3 Å². The maximum atomic E-state index is 11.0. The fraction of sp³-hybridized carbons (Fsp3) is 0.364. The molecule has 0 aliphatic carbocycles. The zero-order valence-corrected chi connectivity index (χ0v) is 10.3. The third-order valence-electron chi connectivity index (χ3n) is 2.75. The number of aldehydes is 1. The molecule has 1 atom stereocenters. The summed E-state index contributed by atoms with van der Waals surface area (Å²) >= 11 is 1.48. The van der Waals surface area contributed by atoms with E-state index in [9.17, 15) is 14.9 Å². The summed E-state index contributed by atoms with van der Waals surface area (Å²) in [5, 5.41) is 13.8. The van der Waals surface area contributed by atoms with Crippen LogP contribution in [0.4, 0.5) is 11.4 Å². The van der Waals surface area contributed by atoms with Crippen molar-refractivity contribution in [3.63, 3.8) is 0 Å². The number of nitro groups is 1. The molecule has 0 fully saturated rings. The summed E-state index contributed by atoms with van der Waals surface area (Å²) in [5.41, 5.74) is 0.843. The van der Waals surface area contributed by atoms with E-state index < -0.39 is 4.92 Å². The second kappa shape index (κ2) is 4.03. The quantitative estimate of drug-likeness (QED) is 0.497. The van der Waals surface area contributed by atoms with E-state index in [-0.39, 0.29) is 16.5 Å². The Morgan fingerprint density at radius 1 is 1.53 bits per heavy atom. The minimum absolute atomic E-state index is 0.0680. The molecule has 1 heterocycles. The average molecular weight is 252 g/mol. The summed E-state index contributed by atoms with van der Waals surface area (Å²) in [6.07, 6.45) is 0.872. The second-order valence-corrected chi connectivity index (χ2v) is 6.10. The Morgan fingerprint density at radius 2 is 2.24 bits per heavy atom. The third-order valence-corrected chi connectivity index (χ3v) is 4.08. The van der Waals surface area contributed by atoms with Crippen molar-refractivity contribution in [2.45, 2.75) is 29.5 Å². The Kier molecular flexibility index (Phi) is 2.82. The van der Waals surface area contributed by atoms with Crippen LogP contribution >= 0.6 is 11.8 Å². The number of thioether (sulfide) groups is 1. The number of hydrogen-bond acceptors (Lipinski definition) is 5. The number of fused-ring (bicyclic) bond motifs is 1. The van der Waals surface area contributed by atoms with Crippen LogP contribution in [0.2, 0.25) is 0 Å². The number of hydrogen-bond donors (Lipinski definition) is 1. The Hall–Kier alpha value is -1.56. The summed E-state index contributed by atoms with van der Waals surface area (Å²) < 4.78 is -0.316. The van der Waals surface area contributed by atoms with E-state index in [4.69, 9.17) is 0 Å². The van der Waals surface area contributed by atoms with Crippen molar-refractivity contribution in [3.8, 4) is 0 Å². The molecule has 1 N–H and O–H groups in total. The van der Waals surface area contributed by atoms with Crippen molar-refractivity contribution < 1.29 is 9.72 Å². The molecule has 1 aliphatic heterocycles. The van der Waals surface area contributed by atoms with E-state index in [1.54, 1.807) is 6.07 Å². The molecule has 0 bridgehead atoms. The molecule has 2 rings (SSSR count). The van der Waals surface area contributed by atoms with E-state index in [1.165, 1.54) is 23.9 Å². The first-order chi connectivity index (χ1) is 7.94. The molecule has 1 aromatic carbocycles. The monoisotopic (exact) mass is 252 g/mol. The first-order valence-electron chi connectivity index (χ1n) is 5.13. The largest absolute Gasteiger partial charge is 0.373 e. The first kappa shape index (κ1) is 11.9. The van der Waals surface area contributed by atoms with E-state index in [0.29, 0.717) is 0 Å². The highest BCUT2D eigenvalue weighted by Crippen LogP contribution is 2.45. The third kappa shape index (κ3) is 2.12. The number of benzene rings is 1. The molecule has 0 saturated carbocycles. The fourth-order valence-corrected chi connectivity index (χ4v) is 2.94. The molecular weight excluding hydrogens is 240 g/mol. The minimum Gasteiger partial charge on any atom is -0.373 e. The zero-order chi connectivity index (χ0) is 12.6. The summed E-state index contributed by atoms with van der Waals surface area (Å²) in [7, 11) is 0. The van der Waals surface area contributed by atoms with Gasteiger partial charge in [0.25, 0.3) is 5.69 Å². The van der Waals surface area contributed by atoms with E-state index >= 15 is 0 Å². The number of non-ortho nitro benzene ring substituents is 1. The molecule has 17 heavy (non-hydrogen) atoms. The molecule has 1 unspecified atom stereocenters. The molecular formula is C11H12N2O3S. The highest BCUT2D eigenvalue weighted by Gasteiger charge is 2.36. The molecule has 0 aromatic heterocycles. The maximum Gasteiger partial charge on any atom is 0.270 e. The van der Waals surface area contributed by atoms with Crippen molar-refractivity contribution >= 4 is 29.4 Å². The van der Waals surface area contributed by atoms with Gasteiger partial charge >= 0.3 is 0 Å². The molecule has 0 amide bonds. The van der Waals surface area contributed by atoms with Crippen molar-refractivity contribution in [1.82, 2.24) is 0 Å². The van der Waals surface area contributed by atoms with E-state index in [0.717, 1.165) is 16.9 Å². The molecule has 5 nitrogen and oxygen atoms in total. The molecule has 1 aromatic rings. The van der Waals surface area contributed by atoms with E-state index in [2.05, 4.69) is 5.32 Å². The highest BCUT2D eigenvalue weighted by atomic mass is 32.2. The number of nitro benzene ring substituents is 1. The Bertz CT molecular complexity index is 488. The van der Waals surface area contributed by atoms with Crippen LogP contribution in [0.5, 0.6) is 0 Å². The van der Waals surface area contributed by atoms with Crippen LogP contribution in [0.3, 0.4) is 0 Å². The lowest BCUT2D eigenvalue weighted by molar-refractivity contribution is -0.385. The summed E-state index contributed by atoms with van der Waals surface area (Å²) in [6, 6.07) is 4.33. The normalized spacial score (nSPS) is 21.2. The number of nitrogens with one attached hydrogen (secondary N) is 1. The zero-order valence-electron chi connectivity index (χ0n) is 9.47. The number of anilines is 1. The number of carbonyl (C=O) groups excluding carboxylic acids is 1. The van der Waals surface area contributed by atoms with Gasteiger partial charge in [-0.25, -0.2) is 0 Å². The fourth-order valence-electron chi connectivity index (χ4n) is 1.71. The molecule has 0 spiro atoms. The van der Waals surface area contributed by atoms with Gasteiger partial charge in [-0.05, 0) is 19.9 Å². The Balaban J connectivity index is 2.42. The standard InChI is InChI=1S/C11H12N2O3S/c1-11(2)10(6-14)12-8-4-3-7(13(15)16)5-9(8)17-11/h3-6,10,12H,1-2H3. The van der Waals surface area contributed by atoms with Gasteiger partial charge in [0, 0.05) is 27.5 Å². The lowest BCUT2D eigenvalue weighted by Gasteiger charge is -2.36. The van der Waals surface area contributed by atoms with Gasteiger partial charge in [-0.1, -0.05) is 0 Å². The summed E-state index contributed by atoms with van der Waals surface area (Å²) in [6.45, 7) is 3.87. The molecule has 1 aliphatic rings. The molecule has 0 saturated heterocycles. The molecule has 6 heteroatoms. The van der Waals surface area contributed by atoms with E-state index in [1.807, 2.05) is 13.8 Å². The van der Waals surface area contributed by atoms with Crippen molar-refractivity contribution in [1.29, 1.82) is 0 Å². The van der Waals surface area contributed by atoms with Crippen LogP contribution in [-0.4, -0.2) is 22.0 Å². The van der Waals surface area contributed by atoms with Gasteiger partial charge in [0.15, 0.2) is 0 Å². The highest BCUT2D eigenvalue weighted by molar-refractivity contribution is 8.01. The summed E-state index contributed by atoms with van der Waals surface area (Å²) in [4.78, 5) is 22.1. The van der Waals surface area contributed by atoms with Gasteiger partial charge in [-0.15, -0.1) is 11.8 Å². The van der Waals surface area contributed by atoms with Crippen LogP contribution in [0.1, 0.15) is 13.8 Å². The topological polar surface area (TPSA) is 72.2 Å². The minimum atomic E-state index is -0.417. The SMILES string of the molecule is CC1(C)Sc2cc([N+](=O)[O-])ccc2NC1C=O. The van der Waals surface area contributed by atoms with Crippen LogP contribution < -0.4 is 5.32 Å². The van der Waals surface area contributed by atoms with Crippen molar-refractivity contribution in [2.24, 2.45) is 0 Å². The van der Waals surface area contributed by atoms with Gasteiger partial charge in [0.2, 0.25) is 0 Å². The van der Waals surface area contributed by atoms with Crippen LogP contribution in [0.25, 0.3) is 0 Å². The summed E-state index contributed by atoms with van der Waals surface area (Å²) in [5.74, 6) is 0. The van der Waals surface area contributed by atoms with Gasteiger partial charge in [-0.2, -0.15) is 0 Å². The average Bonchev–Trinajstić information content (AvgIpc) is 2.25. The van der Waals surface area contributed by atoms with Gasteiger partial charge in [-0.3, -0.25) is 10.1 Å². The number of nitrogens with zero attached hydrogens (tertiary/aromatic N) is 1. The number of rotatable bonds is 2. The van der Waals surface area contributed by atoms with Gasteiger partial charge in [0.05, 0.1) is 11.0 Å². The van der Waals surface area contributed by atoms with Crippen molar-refractivity contribution in [2.75, 3.05) is 5.32 Å². The van der Waals surface area contributed by atoms with Crippen LogP contribution in [0.15, 0.2) is 23.1 Å². The lowest BCUT2D eigenvalue weighted by Crippen LogP contribution is -2.43. The van der Waals surface area contributed by atoms with Gasteiger partial charge < -0.3 is 10.1 Å². The maximum absolute atomic E-state index is 11.0. The first-order valence-corrected chi connectivity index (χ1v) is 5.95. The molecule has 90 valence electrons. The predicted molar refractivity (Wildman–Crippen MR) is 66.5 cm³/mol. The smallest absolute Gasteiger partial charge is 0.270 e. The Morgan fingerprint density at radius 3 is 2.82 bits per heavy atom. The predicted octanol–water partition coefficient (Wildman–Crippen LogP) is 2.46. The molecule has 0 radical (unpaired) electrons. The van der Waals surface area contributed by atoms with Crippen LogP contribution in [-0.2, 0) is 4.79 Å². The number of carbonyl (C=O) groups is 1. The Labute approximate surface area is 103 Å².